The lowest BCUT2D eigenvalue weighted by atomic mass is 10.2. The third kappa shape index (κ3) is 2.99. The number of benzene rings is 1. The van der Waals surface area contributed by atoms with E-state index >= 15 is 0 Å². The Bertz CT molecular complexity index is 596. The molecule has 0 atom stereocenters. The first-order chi connectivity index (χ1) is 8.68. The minimum Gasteiger partial charge on any atom is -0.267 e. The lowest BCUT2D eigenvalue weighted by Gasteiger charge is -2.01. The number of aryl methyl sites for hydroxylation is 1. The van der Waals surface area contributed by atoms with Gasteiger partial charge in [-0.3, -0.25) is 4.79 Å². The van der Waals surface area contributed by atoms with Crippen LogP contribution in [0, 0.1) is 6.92 Å². The third-order valence-electron chi connectivity index (χ3n) is 2.15. The first kappa shape index (κ1) is 12.8. The van der Waals surface area contributed by atoms with Gasteiger partial charge in [0.05, 0.1) is 22.3 Å². The average molecular weight is 325 g/mol. The molecule has 18 heavy (non-hydrogen) atoms. The summed E-state index contributed by atoms with van der Waals surface area (Å²) in [5.41, 5.74) is 3.78. The maximum Gasteiger partial charge on any atom is 0.272 e. The van der Waals surface area contributed by atoms with Gasteiger partial charge in [0, 0.05) is 4.47 Å². The second-order valence-corrected chi connectivity index (χ2v) is 5.04. The Morgan fingerprint density at radius 1 is 1.50 bits per heavy atom. The van der Waals surface area contributed by atoms with Crippen LogP contribution in [0.15, 0.2) is 33.8 Å². The van der Waals surface area contributed by atoms with Crippen LogP contribution in [0.25, 0.3) is 0 Å². The van der Waals surface area contributed by atoms with Crippen LogP contribution < -0.4 is 5.43 Å². The Morgan fingerprint density at radius 2 is 2.28 bits per heavy atom. The highest BCUT2D eigenvalue weighted by Gasteiger charge is 2.07. The molecule has 0 saturated carbocycles. The molecule has 0 saturated heterocycles. The molecule has 0 bridgehead atoms. The predicted molar refractivity (Wildman–Crippen MR) is 73.8 cm³/mol. The molecule has 0 aliphatic carbocycles. The number of nitrogens with zero attached hydrogens (tertiary/aromatic N) is 3. The molecule has 1 amide bonds. The summed E-state index contributed by atoms with van der Waals surface area (Å²) < 4.78 is 4.50. The summed E-state index contributed by atoms with van der Waals surface area (Å²) in [6, 6.07) is 7.15. The van der Waals surface area contributed by atoms with Crippen molar-refractivity contribution in [2.45, 2.75) is 6.92 Å². The third-order valence-corrected chi connectivity index (χ3v) is 3.61. The van der Waals surface area contributed by atoms with Crippen molar-refractivity contribution >= 4 is 39.6 Å². The molecule has 1 aromatic carbocycles. The van der Waals surface area contributed by atoms with Gasteiger partial charge in [0.2, 0.25) is 0 Å². The van der Waals surface area contributed by atoms with Gasteiger partial charge in [-0.05, 0) is 46.5 Å². The molecule has 0 radical (unpaired) electrons. The Hall–Kier alpha value is -1.60. The number of nitrogens with one attached hydrogen (secondary N) is 1. The van der Waals surface area contributed by atoms with Gasteiger partial charge in [-0.15, -0.1) is 5.10 Å². The number of hydrazone groups is 1. The van der Waals surface area contributed by atoms with Gasteiger partial charge in [-0.1, -0.05) is 16.6 Å². The standard InChI is InChI=1S/C11H9BrN4OS/c1-7-10(18-16-14-7)6-13-15-11(17)8-4-2-3-5-9(8)12/h2-6H,1H3,(H,15,17). The molecule has 2 rings (SSSR count). The zero-order chi connectivity index (χ0) is 13.0. The van der Waals surface area contributed by atoms with Crippen LogP contribution in [0.4, 0.5) is 0 Å². The summed E-state index contributed by atoms with van der Waals surface area (Å²) in [5, 5.41) is 7.72. The monoisotopic (exact) mass is 324 g/mol. The van der Waals surface area contributed by atoms with E-state index in [1.54, 1.807) is 18.2 Å². The largest absolute Gasteiger partial charge is 0.272 e. The highest BCUT2D eigenvalue weighted by atomic mass is 79.9. The second-order valence-electron chi connectivity index (χ2n) is 3.40. The zero-order valence-electron chi connectivity index (χ0n) is 9.42. The molecule has 2 aromatic rings. The van der Waals surface area contributed by atoms with E-state index in [4.69, 9.17) is 0 Å². The fraction of sp³-hybridized carbons (Fsp3) is 0.0909. The SMILES string of the molecule is Cc1nnsc1C=NNC(=O)c1ccccc1Br. The number of hydrogen-bond acceptors (Lipinski definition) is 5. The van der Waals surface area contributed by atoms with Gasteiger partial charge < -0.3 is 0 Å². The second kappa shape index (κ2) is 5.83. The summed E-state index contributed by atoms with van der Waals surface area (Å²) in [7, 11) is 0. The molecule has 5 nitrogen and oxygen atoms in total. The average Bonchev–Trinajstić information content (AvgIpc) is 2.75. The molecule has 92 valence electrons. The highest BCUT2D eigenvalue weighted by molar-refractivity contribution is 9.10. The molecule has 1 heterocycles. The van der Waals surface area contributed by atoms with E-state index in [9.17, 15) is 4.79 Å². The van der Waals surface area contributed by atoms with Crippen molar-refractivity contribution in [1.82, 2.24) is 15.0 Å². The summed E-state index contributed by atoms with van der Waals surface area (Å²) in [5.74, 6) is -0.270. The van der Waals surface area contributed by atoms with Crippen LogP contribution in [0.1, 0.15) is 20.9 Å². The quantitative estimate of drug-likeness (QED) is 0.696. The van der Waals surface area contributed by atoms with E-state index in [1.165, 1.54) is 17.7 Å². The molecule has 0 unspecified atom stereocenters. The van der Waals surface area contributed by atoms with Gasteiger partial charge in [-0.25, -0.2) is 5.43 Å². The topological polar surface area (TPSA) is 67.2 Å². The van der Waals surface area contributed by atoms with Crippen molar-refractivity contribution < 1.29 is 4.79 Å². The molecular formula is C11H9BrN4OS. The number of amides is 1. The van der Waals surface area contributed by atoms with E-state index in [0.29, 0.717) is 5.56 Å². The molecule has 1 N–H and O–H groups in total. The minimum atomic E-state index is -0.270. The lowest BCUT2D eigenvalue weighted by molar-refractivity contribution is 0.0954. The van der Waals surface area contributed by atoms with Gasteiger partial charge in [0.25, 0.3) is 5.91 Å². The predicted octanol–water partition coefficient (Wildman–Crippen LogP) is 2.37. The fourth-order valence-electron chi connectivity index (χ4n) is 1.21. The van der Waals surface area contributed by atoms with Crippen LogP contribution in [0.3, 0.4) is 0 Å². The minimum absolute atomic E-state index is 0.270. The summed E-state index contributed by atoms with van der Waals surface area (Å²) in [6.07, 6.45) is 1.54. The number of halogens is 1. The fourth-order valence-corrected chi connectivity index (χ4v) is 2.20. The van der Waals surface area contributed by atoms with E-state index < -0.39 is 0 Å². The number of hydrogen-bond donors (Lipinski definition) is 1. The van der Waals surface area contributed by atoms with Crippen molar-refractivity contribution in [1.29, 1.82) is 0 Å². The number of carbonyl (C=O) groups excluding carboxylic acids is 1. The Labute approximate surface area is 116 Å². The normalized spacial score (nSPS) is 10.8. The highest BCUT2D eigenvalue weighted by Crippen LogP contribution is 2.15. The number of rotatable bonds is 3. The van der Waals surface area contributed by atoms with E-state index in [0.717, 1.165) is 15.0 Å². The molecule has 0 aliphatic heterocycles. The van der Waals surface area contributed by atoms with Crippen molar-refractivity contribution in [3.05, 3.63) is 44.9 Å². The summed E-state index contributed by atoms with van der Waals surface area (Å²) in [4.78, 5) is 12.6. The van der Waals surface area contributed by atoms with Gasteiger partial charge in [0.15, 0.2) is 0 Å². The Morgan fingerprint density at radius 3 is 2.94 bits per heavy atom. The maximum atomic E-state index is 11.8. The van der Waals surface area contributed by atoms with Gasteiger partial charge in [0.1, 0.15) is 0 Å². The zero-order valence-corrected chi connectivity index (χ0v) is 11.8. The first-order valence-corrected chi connectivity index (χ1v) is 6.62. The molecule has 0 fully saturated rings. The Balaban J connectivity index is 2.03. The first-order valence-electron chi connectivity index (χ1n) is 5.05. The van der Waals surface area contributed by atoms with Crippen LogP contribution in [-0.2, 0) is 0 Å². The van der Waals surface area contributed by atoms with Crippen molar-refractivity contribution in [2.24, 2.45) is 5.10 Å². The number of carbonyl (C=O) groups is 1. The van der Waals surface area contributed by atoms with Crippen LogP contribution >= 0.6 is 27.5 Å². The summed E-state index contributed by atoms with van der Waals surface area (Å²) in [6.45, 7) is 1.83. The molecule has 1 aromatic heterocycles. The molecule has 7 heteroatoms. The van der Waals surface area contributed by atoms with Gasteiger partial charge >= 0.3 is 0 Å². The van der Waals surface area contributed by atoms with Crippen molar-refractivity contribution in [3.8, 4) is 0 Å². The maximum absolute atomic E-state index is 11.8. The van der Waals surface area contributed by atoms with E-state index in [2.05, 4.69) is 36.0 Å². The van der Waals surface area contributed by atoms with Crippen molar-refractivity contribution in [3.63, 3.8) is 0 Å². The number of aromatic nitrogens is 2. The summed E-state index contributed by atoms with van der Waals surface area (Å²) >= 11 is 4.54. The molecular weight excluding hydrogens is 316 g/mol. The molecule has 0 aliphatic rings. The van der Waals surface area contributed by atoms with Crippen LogP contribution in [-0.4, -0.2) is 21.7 Å². The van der Waals surface area contributed by atoms with E-state index in [1.807, 2.05) is 13.0 Å². The van der Waals surface area contributed by atoms with E-state index in [-0.39, 0.29) is 5.91 Å². The van der Waals surface area contributed by atoms with Crippen molar-refractivity contribution in [2.75, 3.05) is 0 Å². The molecule has 0 spiro atoms. The van der Waals surface area contributed by atoms with Crippen LogP contribution in [0.2, 0.25) is 0 Å². The lowest BCUT2D eigenvalue weighted by Crippen LogP contribution is -2.17. The van der Waals surface area contributed by atoms with Gasteiger partial charge in [-0.2, -0.15) is 5.10 Å². The smallest absolute Gasteiger partial charge is 0.267 e. The van der Waals surface area contributed by atoms with Crippen LogP contribution in [0.5, 0.6) is 0 Å². The Kier molecular flexibility index (Phi) is 4.16.